The van der Waals surface area contributed by atoms with Gasteiger partial charge in [-0.3, -0.25) is 9.79 Å². The highest BCUT2D eigenvalue weighted by Crippen LogP contribution is 2.16. The van der Waals surface area contributed by atoms with E-state index in [1.54, 1.807) is 20.0 Å². The molecule has 0 aliphatic carbocycles. The molecule has 6 heteroatoms. The van der Waals surface area contributed by atoms with E-state index in [4.69, 9.17) is 0 Å². The summed E-state index contributed by atoms with van der Waals surface area (Å²) in [6.45, 7) is 6.87. The normalized spacial score (nSPS) is 12.7. The minimum atomic E-state index is -0.216. The van der Waals surface area contributed by atoms with E-state index in [2.05, 4.69) is 20.9 Å². The lowest BCUT2D eigenvalue weighted by atomic mass is 10.1. The summed E-state index contributed by atoms with van der Waals surface area (Å²) >= 11 is 0. The van der Waals surface area contributed by atoms with Crippen LogP contribution in [0.25, 0.3) is 0 Å². The van der Waals surface area contributed by atoms with Crippen molar-refractivity contribution in [1.82, 2.24) is 16.0 Å². The smallest absolute Gasteiger partial charge is 0.221 e. The van der Waals surface area contributed by atoms with Crippen LogP contribution in [0.1, 0.15) is 43.9 Å². The van der Waals surface area contributed by atoms with E-state index >= 15 is 0 Å². The Kier molecular flexibility index (Phi) is 8.08. The fraction of sp³-hybridized carbons (Fsp3) is 0.529. The summed E-state index contributed by atoms with van der Waals surface area (Å²) in [7, 11) is 1.66. The standard InChI is InChI=1S/C17H27FN4O/c1-5-9-20-16(23)8-10-21-17(19-4)22-13(3)14-7-6-12(2)15(18)11-14/h6-7,11,13H,5,8-10H2,1-4H3,(H,20,23)(H2,19,21,22). The number of carbonyl (C=O) groups is 1. The van der Waals surface area contributed by atoms with Crippen molar-refractivity contribution in [1.29, 1.82) is 0 Å². The predicted molar refractivity (Wildman–Crippen MR) is 92.0 cm³/mol. The molecular formula is C17H27FN4O. The van der Waals surface area contributed by atoms with Gasteiger partial charge in [0, 0.05) is 26.6 Å². The van der Waals surface area contributed by atoms with E-state index in [9.17, 15) is 9.18 Å². The number of hydrogen-bond acceptors (Lipinski definition) is 2. The molecule has 5 nitrogen and oxygen atoms in total. The van der Waals surface area contributed by atoms with Crippen LogP contribution >= 0.6 is 0 Å². The van der Waals surface area contributed by atoms with Crippen LogP contribution in [0.2, 0.25) is 0 Å². The highest BCUT2D eigenvalue weighted by molar-refractivity contribution is 5.81. The Morgan fingerprint density at radius 3 is 2.65 bits per heavy atom. The van der Waals surface area contributed by atoms with Crippen molar-refractivity contribution >= 4 is 11.9 Å². The second-order valence-corrected chi connectivity index (χ2v) is 5.47. The summed E-state index contributed by atoms with van der Waals surface area (Å²) in [4.78, 5) is 15.7. The maximum atomic E-state index is 13.6. The molecule has 1 atom stereocenters. The van der Waals surface area contributed by atoms with Gasteiger partial charge >= 0.3 is 0 Å². The molecule has 0 aliphatic heterocycles. The zero-order valence-corrected chi connectivity index (χ0v) is 14.4. The molecular weight excluding hydrogens is 295 g/mol. The number of nitrogens with one attached hydrogen (secondary N) is 3. The fourth-order valence-electron chi connectivity index (χ4n) is 2.01. The fourth-order valence-corrected chi connectivity index (χ4v) is 2.01. The molecule has 3 N–H and O–H groups in total. The Morgan fingerprint density at radius 2 is 2.04 bits per heavy atom. The molecule has 0 aromatic heterocycles. The van der Waals surface area contributed by atoms with Crippen LogP contribution < -0.4 is 16.0 Å². The van der Waals surface area contributed by atoms with Gasteiger partial charge in [0.05, 0.1) is 6.04 Å². The highest BCUT2D eigenvalue weighted by Gasteiger charge is 2.10. The summed E-state index contributed by atoms with van der Waals surface area (Å²) in [5.41, 5.74) is 1.47. The number of aliphatic imine (C=N–C) groups is 1. The number of halogens is 1. The molecule has 0 bridgehead atoms. The molecule has 23 heavy (non-hydrogen) atoms. The zero-order valence-electron chi connectivity index (χ0n) is 14.4. The molecule has 1 aromatic rings. The van der Waals surface area contributed by atoms with Gasteiger partial charge in [0.1, 0.15) is 5.82 Å². The van der Waals surface area contributed by atoms with E-state index in [1.807, 2.05) is 19.9 Å². The molecule has 1 amide bonds. The van der Waals surface area contributed by atoms with Crippen LogP contribution in [0.15, 0.2) is 23.2 Å². The number of amides is 1. The lowest BCUT2D eigenvalue weighted by Crippen LogP contribution is -2.40. The predicted octanol–water partition coefficient (Wildman–Crippen LogP) is 2.28. The molecule has 1 unspecified atom stereocenters. The number of benzene rings is 1. The molecule has 0 radical (unpaired) electrons. The molecule has 0 heterocycles. The Hall–Kier alpha value is -2.11. The van der Waals surface area contributed by atoms with E-state index < -0.39 is 0 Å². The van der Waals surface area contributed by atoms with Crippen LogP contribution in [0.5, 0.6) is 0 Å². The monoisotopic (exact) mass is 322 g/mol. The van der Waals surface area contributed by atoms with E-state index in [1.165, 1.54) is 6.07 Å². The molecule has 128 valence electrons. The second-order valence-electron chi connectivity index (χ2n) is 5.47. The largest absolute Gasteiger partial charge is 0.356 e. The number of hydrogen-bond donors (Lipinski definition) is 3. The molecule has 1 rings (SSSR count). The Balaban J connectivity index is 2.46. The van der Waals surface area contributed by atoms with Crippen molar-refractivity contribution in [3.63, 3.8) is 0 Å². The molecule has 1 aromatic carbocycles. The number of nitrogens with zero attached hydrogens (tertiary/aromatic N) is 1. The zero-order chi connectivity index (χ0) is 17.2. The summed E-state index contributed by atoms with van der Waals surface area (Å²) in [6.07, 6.45) is 1.31. The van der Waals surface area contributed by atoms with Crippen molar-refractivity contribution < 1.29 is 9.18 Å². The van der Waals surface area contributed by atoms with Gasteiger partial charge in [-0.25, -0.2) is 4.39 Å². The summed E-state index contributed by atoms with van der Waals surface area (Å²) in [6, 6.07) is 5.09. The number of carbonyl (C=O) groups excluding carboxylic acids is 1. The molecule has 0 saturated heterocycles. The number of aryl methyl sites for hydroxylation is 1. The van der Waals surface area contributed by atoms with Crippen molar-refractivity contribution in [3.8, 4) is 0 Å². The van der Waals surface area contributed by atoms with Gasteiger partial charge in [-0.2, -0.15) is 0 Å². The maximum absolute atomic E-state index is 13.6. The van der Waals surface area contributed by atoms with Gasteiger partial charge < -0.3 is 16.0 Å². The third kappa shape index (κ3) is 6.67. The average Bonchev–Trinajstić information content (AvgIpc) is 2.54. The summed E-state index contributed by atoms with van der Waals surface area (Å²) < 4.78 is 13.6. The number of rotatable bonds is 7. The van der Waals surface area contributed by atoms with E-state index in [0.29, 0.717) is 31.0 Å². The lowest BCUT2D eigenvalue weighted by molar-refractivity contribution is -0.120. The van der Waals surface area contributed by atoms with Crippen molar-refractivity contribution in [2.45, 2.75) is 39.7 Å². The van der Waals surface area contributed by atoms with Gasteiger partial charge in [0.2, 0.25) is 5.91 Å². The molecule has 0 saturated carbocycles. The highest BCUT2D eigenvalue weighted by atomic mass is 19.1. The third-order valence-electron chi connectivity index (χ3n) is 3.49. The van der Waals surface area contributed by atoms with Crippen molar-refractivity contribution in [3.05, 3.63) is 35.1 Å². The first-order valence-corrected chi connectivity index (χ1v) is 7.97. The Labute approximate surface area is 137 Å². The molecule has 0 fully saturated rings. The summed E-state index contributed by atoms with van der Waals surface area (Å²) in [5, 5.41) is 9.10. The quantitative estimate of drug-likeness (QED) is 0.533. The van der Waals surface area contributed by atoms with Crippen LogP contribution in [-0.2, 0) is 4.79 Å². The first kappa shape index (κ1) is 18.9. The van der Waals surface area contributed by atoms with Crippen LogP contribution in [-0.4, -0.2) is 32.0 Å². The first-order chi connectivity index (χ1) is 11.0. The van der Waals surface area contributed by atoms with E-state index in [-0.39, 0.29) is 17.8 Å². The van der Waals surface area contributed by atoms with Gasteiger partial charge in [-0.05, 0) is 37.5 Å². The molecule has 0 spiro atoms. The first-order valence-electron chi connectivity index (χ1n) is 7.97. The maximum Gasteiger partial charge on any atom is 0.221 e. The van der Waals surface area contributed by atoms with Crippen molar-refractivity contribution in [2.75, 3.05) is 20.1 Å². The number of guanidine groups is 1. The van der Waals surface area contributed by atoms with Gasteiger partial charge in [-0.1, -0.05) is 19.1 Å². The van der Waals surface area contributed by atoms with Crippen LogP contribution in [0.4, 0.5) is 4.39 Å². The topological polar surface area (TPSA) is 65.5 Å². The summed E-state index contributed by atoms with van der Waals surface area (Å²) in [5.74, 6) is 0.386. The van der Waals surface area contributed by atoms with Crippen molar-refractivity contribution in [2.24, 2.45) is 4.99 Å². The van der Waals surface area contributed by atoms with Crippen LogP contribution in [0, 0.1) is 12.7 Å². The Bertz CT molecular complexity index is 545. The lowest BCUT2D eigenvalue weighted by Gasteiger charge is -2.18. The Morgan fingerprint density at radius 1 is 1.30 bits per heavy atom. The minimum absolute atomic E-state index is 0.0171. The SMILES string of the molecule is CCCNC(=O)CCNC(=NC)NC(C)c1ccc(C)c(F)c1. The average molecular weight is 322 g/mol. The van der Waals surface area contributed by atoms with Gasteiger partial charge in [-0.15, -0.1) is 0 Å². The minimum Gasteiger partial charge on any atom is -0.356 e. The van der Waals surface area contributed by atoms with E-state index in [0.717, 1.165) is 12.0 Å². The molecule has 0 aliphatic rings. The van der Waals surface area contributed by atoms with Gasteiger partial charge in [0.25, 0.3) is 0 Å². The van der Waals surface area contributed by atoms with Crippen LogP contribution in [0.3, 0.4) is 0 Å². The second kappa shape index (κ2) is 9.82. The van der Waals surface area contributed by atoms with Gasteiger partial charge in [0.15, 0.2) is 5.96 Å². The third-order valence-corrected chi connectivity index (χ3v) is 3.49.